The largest absolute Gasteiger partial charge is 0.338 e. The number of carbonyl (C=O) groups is 1. The van der Waals surface area contributed by atoms with Crippen molar-refractivity contribution in [1.82, 2.24) is 25.1 Å². The summed E-state index contributed by atoms with van der Waals surface area (Å²) in [6.07, 6.45) is 8.05. The van der Waals surface area contributed by atoms with Gasteiger partial charge in [0.2, 0.25) is 0 Å². The Bertz CT molecular complexity index is 478. The fraction of sp³-hybridized carbons (Fsp3) is 0.733. The van der Waals surface area contributed by atoms with Crippen molar-refractivity contribution in [3.05, 3.63) is 18.2 Å². The molecule has 3 heterocycles. The van der Waals surface area contributed by atoms with Gasteiger partial charge in [-0.3, -0.25) is 0 Å². The molecule has 2 amide bonds. The van der Waals surface area contributed by atoms with Crippen molar-refractivity contribution in [2.75, 3.05) is 26.7 Å². The zero-order chi connectivity index (χ0) is 14.7. The summed E-state index contributed by atoms with van der Waals surface area (Å²) in [6, 6.07) is 0.310. The Morgan fingerprint density at radius 1 is 1.33 bits per heavy atom. The van der Waals surface area contributed by atoms with Gasteiger partial charge in [0.15, 0.2) is 0 Å². The van der Waals surface area contributed by atoms with Crippen molar-refractivity contribution in [3.63, 3.8) is 0 Å². The number of aryl methyl sites for hydroxylation is 1. The number of urea groups is 1. The lowest BCUT2D eigenvalue weighted by atomic mass is 9.98. The third-order valence-corrected chi connectivity index (χ3v) is 4.66. The van der Waals surface area contributed by atoms with Crippen molar-refractivity contribution in [3.8, 4) is 0 Å². The van der Waals surface area contributed by atoms with E-state index in [9.17, 15) is 4.79 Å². The zero-order valence-corrected chi connectivity index (χ0v) is 12.7. The molecule has 2 N–H and O–H groups in total. The molecule has 6 nitrogen and oxygen atoms in total. The molecule has 0 aromatic carbocycles. The van der Waals surface area contributed by atoms with Crippen LogP contribution in [0.3, 0.4) is 0 Å². The van der Waals surface area contributed by atoms with Gasteiger partial charge in [0, 0.05) is 37.9 Å². The molecular formula is C15H25N5O. The summed E-state index contributed by atoms with van der Waals surface area (Å²) in [5.41, 5.74) is 0. The third-order valence-electron chi connectivity index (χ3n) is 4.66. The number of nitrogens with zero attached hydrogens (tertiary/aromatic N) is 3. The van der Waals surface area contributed by atoms with Crippen LogP contribution in [0.5, 0.6) is 0 Å². The first kappa shape index (κ1) is 14.4. The fourth-order valence-corrected chi connectivity index (χ4v) is 3.22. The second-order valence-corrected chi connectivity index (χ2v) is 6.33. The maximum absolute atomic E-state index is 12.0. The number of rotatable bonds is 3. The molecule has 0 radical (unpaired) electrons. The molecular weight excluding hydrogens is 266 g/mol. The van der Waals surface area contributed by atoms with Crippen LogP contribution in [0.1, 0.15) is 25.1 Å². The number of carbonyl (C=O) groups excluding carboxylic acids is 1. The standard InChI is InChI=1S/C15H25N5O/c1-19-6-3-13(4-7-19)18-15(21)17-11-12-2-8-20-9-5-16-14(20)10-12/h5,9,12-13H,2-4,6-8,10-11H2,1H3,(H2,17,18,21)/t12-/m0/s1. The van der Waals surface area contributed by atoms with Crippen LogP contribution in [0.15, 0.2) is 12.4 Å². The average Bonchev–Trinajstić information content (AvgIpc) is 2.95. The van der Waals surface area contributed by atoms with E-state index >= 15 is 0 Å². The van der Waals surface area contributed by atoms with Crippen molar-refractivity contribution in [2.45, 2.75) is 38.3 Å². The van der Waals surface area contributed by atoms with Crippen LogP contribution < -0.4 is 10.6 Å². The smallest absolute Gasteiger partial charge is 0.315 e. The Labute approximate surface area is 125 Å². The SMILES string of the molecule is CN1CCC(NC(=O)NC[C@H]2CCn3ccnc3C2)CC1. The molecule has 1 aromatic heterocycles. The van der Waals surface area contributed by atoms with E-state index < -0.39 is 0 Å². The molecule has 0 aliphatic carbocycles. The fourth-order valence-electron chi connectivity index (χ4n) is 3.22. The molecule has 2 aliphatic heterocycles. The van der Waals surface area contributed by atoms with Crippen LogP contribution >= 0.6 is 0 Å². The Morgan fingerprint density at radius 2 is 2.14 bits per heavy atom. The van der Waals surface area contributed by atoms with E-state index in [0.29, 0.717) is 12.0 Å². The second-order valence-electron chi connectivity index (χ2n) is 6.33. The molecule has 2 aliphatic rings. The van der Waals surface area contributed by atoms with Gasteiger partial charge in [-0.15, -0.1) is 0 Å². The van der Waals surface area contributed by atoms with Crippen LogP contribution in [-0.4, -0.2) is 53.2 Å². The predicted molar refractivity (Wildman–Crippen MR) is 81.1 cm³/mol. The average molecular weight is 291 g/mol. The third kappa shape index (κ3) is 3.75. The number of aromatic nitrogens is 2. The van der Waals surface area contributed by atoms with Crippen LogP contribution in [0.25, 0.3) is 0 Å². The first-order valence-electron chi connectivity index (χ1n) is 7.93. The van der Waals surface area contributed by atoms with Crippen LogP contribution in [-0.2, 0) is 13.0 Å². The Hall–Kier alpha value is -1.56. The molecule has 1 fully saturated rings. The lowest BCUT2D eigenvalue weighted by Gasteiger charge is -2.30. The lowest BCUT2D eigenvalue weighted by molar-refractivity contribution is 0.211. The molecule has 1 atom stereocenters. The van der Waals surface area contributed by atoms with E-state index in [-0.39, 0.29) is 6.03 Å². The van der Waals surface area contributed by atoms with E-state index in [1.807, 2.05) is 12.4 Å². The molecule has 0 bridgehead atoms. The van der Waals surface area contributed by atoms with Crippen molar-refractivity contribution in [2.24, 2.45) is 5.92 Å². The van der Waals surface area contributed by atoms with Crippen LogP contribution in [0.4, 0.5) is 4.79 Å². The van der Waals surface area contributed by atoms with Gasteiger partial charge < -0.3 is 20.1 Å². The monoisotopic (exact) mass is 291 g/mol. The molecule has 3 rings (SSSR count). The summed E-state index contributed by atoms with van der Waals surface area (Å²) in [6.45, 7) is 3.88. The summed E-state index contributed by atoms with van der Waals surface area (Å²) in [7, 11) is 2.13. The Balaban J connectivity index is 1.38. The zero-order valence-electron chi connectivity index (χ0n) is 12.7. The van der Waals surface area contributed by atoms with E-state index in [1.54, 1.807) is 0 Å². The maximum Gasteiger partial charge on any atom is 0.315 e. The molecule has 1 aromatic rings. The van der Waals surface area contributed by atoms with Gasteiger partial charge in [-0.25, -0.2) is 9.78 Å². The number of nitrogens with one attached hydrogen (secondary N) is 2. The molecule has 0 saturated carbocycles. The van der Waals surface area contributed by atoms with Gasteiger partial charge in [0.1, 0.15) is 5.82 Å². The maximum atomic E-state index is 12.0. The van der Waals surface area contributed by atoms with E-state index in [0.717, 1.165) is 57.7 Å². The summed E-state index contributed by atoms with van der Waals surface area (Å²) in [5, 5.41) is 6.13. The second kappa shape index (κ2) is 6.47. The molecule has 116 valence electrons. The topological polar surface area (TPSA) is 62.2 Å². The first-order valence-corrected chi connectivity index (χ1v) is 7.93. The minimum absolute atomic E-state index is 0.0153. The van der Waals surface area contributed by atoms with Gasteiger partial charge in [-0.1, -0.05) is 0 Å². The molecule has 1 saturated heterocycles. The number of amides is 2. The van der Waals surface area contributed by atoms with E-state index in [4.69, 9.17) is 0 Å². The van der Waals surface area contributed by atoms with Gasteiger partial charge in [-0.05, 0) is 45.3 Å². The lowest BCUT2D eigenvalue weighted by Crippen LogP contribution is -2.48. The number of piperidine rings is 1. The highest BCUT2D eigenvalue weighted by atomic mass is 16.2. The highest BCUT2D eigenvalue weighted by Crippen LogP contribution is 2.18. The Morgan fingerprint density at radius 3 is 2.95 bits per heavy atom. The van der Waals surface area contributed by atoms with E-state index in [1.165, 1.54) is 0 Å². The number of likely N-dealkylation sites (tertiary alicyclic amines) is 1. The number of imidazole rings is 1. The molecule has 21 heavy (non-hydrogen) atoms. The normalized spacial score (nSPS) is 23.6. The summed E-state index contributed by atoms with van der Waals surface area (Å²) in [5.74, 6) is 1.65. The van der Waals surface area contributed by atoms with Gasteiger partial charge >= 0.3 is 6.03 Å². The number of hydrogen-bond acceptors (Lipinski definition) is 3. The van der Waals surface area contributed by atoms with Crippen molar-refractivity contribution in [1.29, 1.82) is 0 Å². The van der Waals surface area contributed by atoms with Crippen molar-refractivity contribution >= 4 is 6.03 Å². The molecule has 0 unspecified atom stereocenters. The number of hydrogen-bond donors (Lipinski definition) is 2. The quantitative estimate of drug-likeness (QED) is 0.867. The Kier molecular flexibility index (Phi) is 4.43. The highest BCUT2D eigenvalue weighted by molar-refractivity contribution is 5.74. The molecule has 6 heteroatoms. The number of fused-ring (bicyclic) bond motifs is 1. The van der Waals surface area contributed by atoms with Gasteiger partial charge in [0.05, 0.1) is 0 Å². The predicted octanol–water partition coefficient (Wildman–Crippen LogP) is 0.839. The summed E-state index contributed by atoms with van der Waals surface area (Å²) < 4.78 is 2.20. The molecule has 0 spiro atoms. The summed E-state index contributed by atoms with van der Waals surface area (Å²) >= 11 is 0. The minimum Gasteiger partial charge on any atom is -0.338 e. The highest BCUT2D eigenvalue weighted by Gasteiger charge is 2.21. The summed E-state index contributed by atoms with van der Waals surface area (Å²) in [4.78, 5) is 18.6. The van der Waals surface area contributed by atoms with Gasteiger partial charge in [-0.2, -0.15) is 0 Å². The first-order chi connectivity index (χ1) is 10.2. The van der Waals surface area contributed by atoms with Crippen molar-refractivity contribution < 1.29 is 4.79 Å². The van der Waals surface area contributed by atoms with Crippen LogP contribution in [0, 0.1) is 5.92 Å². The van der Waals surface area contributed by atoms with Gasteiger partial charge in [0.25, 0.3) is 0 Å². The van der Waals surface area contributed by atoms with E-state index in [2.05, 4.69) is 32.1 Å². The van der Waals surface area contributed by atoms with Crippen LogP contribution in [0.2, 0.25) is 0 Å². The minimum atomic E-state index is -0.0153.